The summed E-state index contributed by atoms with van der Waals surface area (Å²) in [6.07, 6.45) is 4.42. The van der Waals surface area contributed by atoms with E-state index in [2.05, 4.69) is 44.9 Å². The van der Waals surface area contributed by atoms with E-state index < -0.39 is 0 Å². The molecule has 7 atom stereocenters. The van der Waals surface area contributed by atoms with Crippen molar-refractivity contribution in [2.24, 2.45) is 17.8 Å². The second-order valence-corrected chi connectivity index (χ2v) is 8.49. The molecule has 3 fully saturated rings. The molecular formula is C17H31NO2S. The lowest BCUT2D eigenvalue weighted by Gasteiger charge is -2.43. The molecule has 1 N–H and O–H groups in total. The molecule has 3 aliphatic rings. The number of hydrogen-bond donors (Lipinski definition) is 1. The van der Waals surface area contributed by atoms with Crippen LogP contribution >= 0.6 is 11.8 Å². The highest BCUT2D eigenvalue weighted by Gasteiger charge is 2.48. The molecule has 0 aromatic rings. The standard InChI is InChI=1S/C17H31NO2S/c1-11-12(2)20-13(3)15(11)16(18-4)14-5-7-19-17(9-14)6-8-21-10-17/h11-16,18H,5-10H2,1-4H3. The summed E-state index contributed by atoms with van der Waals surface area (Å²) in [4.78, 5) is 0. The molecule has 7 unspecified atom stereocenters. The van der Waals surface area contributed by atoms with E-state index in [1.807, 2.05) is 0 Å². The summed E-state index contributed by atoms with van der Waals surface area (Å²) in [6, 6.07) is 0.561. The molecule has 0 amide bonds. The first kappa shape index (κ1) is 16.1. The summed E-state index contributed by atoms with van der Waals surface area (Å²) in [6.45, 7) is 7.79. The molecule has 21 heavy (non-hydrogen) atoms. The highest BCUT2D eigenvalue weighted by molar-refractivity contribution is 7.99. The van der Waals surface area contributed by atoms with Crippen molar-refractivity contribution < 1.29 is 9.47 Å². The van der Waals surface area contributed by atoms with E-state index >= 15 is 0 Å². The molecule has 0 radical (unpaired) electrons. The van der Waals surface area contributed by atoms with E-state index in [-0.39, 0.29) is 5.60 Å². The smallest absolute Gasteiger partial charge is 0.0783 e. The fraction of sp³-hybridized carbons (Fsp3) is 1.00. The lowest BCUT2D eigenvalue weighted by atomic mass is 9.72. The Morgan fingerprint density at radius 3 is 2.62 bits per heavy atom. The van der Waals surface area contributed by atoms with Crippen LogP contribution in [0, 0.1) is 17.8 Å². The SMILES string of the molecule is CNC(C1CCOC2(CCSC2)C1)C1C(C)OC(C)C1C. The van der Waals surface area contributed by atoms with Gasteiger partial charge in [-0.25, -0.2) is 0 Å². The van der Waals surface area contributed by atoms with Crippen molar-refractivity contribution in [3.63, 3.8) is 0 Å². The van der Waals surface area contributed by atoms with Crippen LogP contribution in [0.15, 0.2) is 0 Å². The van der Waals surface area contributed by atoms with Crippen LogP contribution in [0.5, 0.6) is 0 Å². The largest absolute Gasteiger partial charge is 0.375 e. The van der Waals surface area contributed by atoms with Crippen LogP contribution in [-0.2, 0) is 9.47 Å². The second kappa shape index (κ2) is 6.38. The molecule has 4 heteroatoms. The fourth-order valence-electron chi connectivity index (χ4n) is 4.89. The average Bonchev–Trinajstić information content (AvgIpc) is 3.00. The van der Waals surface area contributed by atoms with Gasteiger partial charge in [0.05, 0.1) is 17.8 Å². The summed E-state index contributed by atoms with van der Waals surface area (Å²) in [7, 11) is 2.14. The van der Waals surface area contributed by atoms with Gasteiger partial charge in [0, 0.05) is 24.3 Å². The molecule has 0 aromatic heterocycles. The van der Waals surface area contributed by atoms with E-state index in [4.69, 9.17) is 9.47 Å². The lowest BCUT2D eigenvalue weighted by molar-refractivity contribution is -0.0903. The van der Waals surface area contributed by atoms with Crippen LogP contribution in [0.1, 0.15) is 40.0 Å². The van der Waals surface area contributed by atoms with Crippen LogP contribution < -0.4 is 5.32 Å². The summed E-state index contributed by atoms with van der Waals surface area (Å²) in [5.74, 6) is 4.45. The second-order valence-electron chi connectivity index (χ2n) is 7.38. The Morgan fingerprint density at radius 2 is 2.05 bits per heavy atom. The third-order valence-electron chi connectivity index (χ3n) is 6.17. The Hall–Kier alpha value is 0.230. The number of ether oxygens (including phenoxy) is 2. The van der Waals surface area contributed by atoms with Crippen molar-refractivity contribution in [1.29, 1.82) is 0 Å². The minimum atomic E-state index is 0.181. The maximum absolute atomic E-state index is 6.21. The molecule has 0 aliphatic carbocycles. The minimum Gasteiger partial charge on any atom is -0.375 e. The molecule has 0 saturated carbocycles. The van der Waals surface area contributed by atoms with Gasteiger partial charge in [-0.3, -0.25) is 0 Å². The third kappa shape index (κ3) is 3.01. The minimum absolute atomic E-state index is 0.181. The topological polar surface area (TPSA) is 30.5 Å². The van der Waals surface area contributed by atoms with E-state index in [0.29, 0.717) is 30.1 Å². The third-order valence-corrected chi connectivity index (χ3v) is 7.40. The van der Waals surface area contributed by atoms with Crippen molar-refractivity contribution in [3.8, 4) is 0 Å². The molecule has 122 valence electrons. The maximum atomic E-state index is 6.21. The quantitative estimate of drug-likeness (QED) is 0.868. The normalized spacial score (nSPS) is 48.9. The van der Waals surface area contributed by atoms with Gasteiger partial charge in [0.1, 0.15) is 0 Å². The summed E-state index contributed by atoms with van der Waals surface area (Å²) in [5.41, 5.74) is 0.181. The molecule has 0 bridgehead atoms. The van der Waals surface area contributed by atoms with E-state index in [1.54, 1.807) is 0 Å². The van der Waals surface area contributed by atoms with E-state index in [1.165, 1.54) is 30.8 Å². The maximum Gasteiger partial charge on any atom is 0.0783 e. The first-order valence-electron chi connectivity index (χ1n) is 8.61. The number of rotatable bonds is 3. The Balaban J connectivity index is 1.73. The zero-order chi connectivity index (χ0) is 15.0. The van der Waals surface area contributed by atoms with Gasteiger partial charge in [0.15, 0.2) is 0 Å². The van der Waals surface area contributed by atoms with Gasteiger partial charge >= 0.3 is 0 Å². The summed E-state index contributed by atoms with van der Waals surface area (Å²) < 4.78 is 12.3. The van der Waals surface area contributed by atoms with Crippen LogP contribution in [-0.4, -0.2) is 49.0 Å². The van der Waals surface area contributed by atoms with Gasteiger partial charge in [0.2, 0.25) is 0 Å². The monoisotopic (exact) mass is 313 g/mol. The van der Waals surface area contributed by atoms with Crippen molar-refractivity contribution in [3.05, 3.63) is 0 Å². The number of hydrogen-bond acceptors (Lipinski definition) is 4. The summed E-state index contributed by atoms with van der Waals surface area (Å²) in [5, 5.41) is 3.66. The van der Waals surface area contributed by atoms with Gasteiger partial charge in [0.25, 0.3) is 0 Å². The lowest BCUT2D eigenvalue weighted by Crippen LogP contribution is -2.51. The van der Waals surface area contributed by atoms with E-state index in [0.717, 1.165) is 12.5 Å². The zero-order valence-corrected chi connectivity index (χ0v) is 14.7. The van der Waals surface area contributed by atoms with Crippen LogP contribution in [0.2, 0.25) is 0 Å². The van der Waals surface area contributed by atoms with E-state index in [9.17, 15) is 0 Å². The molecule has 3 nitrogen and oxygen atoms in total. The molecule has 0 aromatic carbocycles. The molecule has 3 aliphatic heterocycles. The van der Waals surface area contributed by atoms with Crippen LogP contribution in [0.4, 0.5) is 0 Å². The van der Waals surface area contributed by atoms with Crippen molar-refractivity contribution >= 4 is 11.8 Å². The molecule has 3 rings (SSSR count). The van der Waals surface area contributed by atoms with Gasteiger partial charge in [-0.2, -0.15) is 11.8 Å². The Labute approximate surface area is 133 Å². The first-order chi connectivity index (χ1) is 10.1. The Morgan fingerprint density at radius 1 is 1.24 bits per heavy atom. The van der Waals surface area contributed by atoms with Crippen LogP contribution in [0.3, 0.4) is 0 Å². The van der Waals surface area contributed by atoms with Crippen LogP contribution in [0.25, 0.3) is 0 Å². The van der Waals surface area contributed by atoms with Gasteiger partial charge in [-0.15, -0.1) is 0 Å². The first-order valence-corrected chi connectivity index (χ1v) is 9.76. The fourth-order valence-corrected chi connectivity index (χ4v) is 6.27. The molecule has 1 spiro atoms. The number of nitrogens with one attached hydrogen (secondary N) is 1. The predicted molar refractivity (Wildman–Crippen MR) is 88.9 cm³/mol. The predicted octanol–water partition coefficient (Wildman–Crippen LogP) is 2.94. The highest BCUT2D eigenvalue weighted by Crippen LogP contribution is 2.45. The summed E-state index contributed by atoms with van der Waals surface area (Å²) >= 11 is 2.06. The van der Waals surface area contributed by atoms with Crippen molar-refractivity contribution in [2.45, 2.75) is 63.9 Å². The highest BCUT2D eigenvalue weighted by atomic mass is 32.2. The average molecular weight is 314 g/mol. The Bertz CT molecular complexity index is 359. The zero-order valence-electron chi connectivity index (χ0n) is 13.9. The number of thioether (sulfide) groups is 1. The van der Waals surface area contributed by atoms with Gasteiger partial charge < -0.3 is 14.8 Å². The van der Waals surface area contributed by atoms with Gasteiger partial charge in [-0.05, 0) is 57.7 Å². The van der Waals surface area contributed by atoms with Crippen molar-refractivity contribution in [1.82, 2.24) is 5.32 Å². The molecular weight excluding hydrogens is 282 g/mol. The molecule has 3 heterocycles. The Kier molecular flexibility index (Phi) is 4.90. The van der Waals surface area contributed by atoms with Crippen molar-refractivity contribution in [2.75, 3.05) is 25.2 Å². The van der Waals surface area contributed by atoms with Gasteiger partial charge in [-0.1, -0.05) is 6.92 Å². The molecule has 3 saturated heterocycles.